The monoisotopic (exact) mass is 428 g/mol. The first-order chi connectivity index (χ1) is 14.8. The standard InChI is InChI=1S/C21H19F3N6O/c1-12-9-15(20(23)24)19-13(2)27-30(21(19)25-12)11-18(31)26-17-7-8-29(28-17)10-14-5-3-4-6-16(14)22/h3-9,20H,10-11H2,1-2H3,(H,26,28,31). The number of carbonyl (C=O) groups excluding carboxylic acids is 1. The van der Waals surface area contributed by atoms with E-state index in [2.05, 4.69) is 20.5 Å². The molecule has 160 valence electrons. The molecule has 3 heterocycles. The van der Waals surface area contributed by atoms with Crippen molar-refractivity contribution in [2.75, 3.05) is 5.32 Å². The Kier molecular flexibility index (Phi) is 5.45. The van der Waals surface area contributed by atoms with Crippen LogP contribution < -0.4 is 5.32 Å². The first-order valence-electron chi connectivity index (χ1n) is 9.51. The predicted octanol–water partition coefficient (Wildman–Crippen LogP) is 4.01. The Hall–Kier alpha value is -3.69. The molecule has 31 heavy (non-hydrogen) atoms. The number of aromatic nitrogens is 5. The number of fused-ring (bicyclic) bond motifs is 1. The van der Waals surface area contributed by atoms with Gasteiger partial charge in [-0.1, -0.05) is 18.2 Å². The van der Waals surface area contributed by atoms with Gasteiger partial charge in [-0.3, -0.25) is 9.48 Å². The molecule has 0 aliphatic rings. The van der Waals surface area contributed by atoms with Crippen LogP contribution in [0.15, 0.2) is 42.6 Å². The molecule has 10 heteroatoms. The van der Waals surface area contributed by atoms with Gasteiger partial charge in [-0.25, -0.2) is 22.8 Å². The summed E-state index contributed by atoms with van der Waals surface area (Å²) >= 11 is 0. The van der Waals surface area contributed by atoms with Crippen molar-refractivity contribution >= 4 is 22.8 Å². The number of benzene rings is 1. The number of hydrogen-bond acceptors (Lipinski definition) is 4. The number of amides is 1. The number of halogens is 3. The fraction of sp³-hybridized carbons (Fsp3) is 0.238. The molecule has 7 nitrogen and oxygen atoms in total. The number of anilines is 1. The largest absolute Gasteiger partial charge is 0.308 e. The second-order valence-electron chi connectivity index (χ2n) is 7.13. The summed E-state index contributed by atoms with van der Waals surface area (Å²) in [6.07, 6.45) is -1.05. The molecule has 0 aliphatic carbocycles. The van der Waals surface area contributed by atoms with Crippen LogP contribution in [0.3, 0.4) is 0 Å². The van der Waals surface area contributed by atoms with Crippen LogP contribution >= 0.6 is 0 Å². The highest BCUT2D eigenvalue weighted by atomic mass is 19.3. The number of hydrogen-bond donors (Lipinski definition) is 1. The summed E-state index contributed by atoms with van der Waals surface area (Å²) in [5.74, 6) is -0.496. The highest BCUT2D eigenvalue weighted by Crippen LogP contribution is 2.29. The van der Waals surface area contributed by atoms with Crippen LogP contribution in [0.5, 0.6) is 0 Å². The minimum Gasteiger partial charge on any atom is -0.308 e. The molecule has 0 spiro atoms. The fourth-order valence-corrected chi connectivity index (χ4v) is 3.44. The number of rotatable bonds is 6. The maximum absolute atomic E-state index is 13.8. The van der Waals surface area contributed by atoms with Gasteiger partial charge in [0.1, 0.15) is 12.4 Å². The molecule has 0 saturated heterocycles. The lowest BCUT2D eigenvalue weighted by molar-refractivity contribution is -0.116. The second kappa shape index (κ2) is 8.21. The molecule has 0 saturated carbocycles. The molecule has 1 amide bonds. The Labute approximate surface area is 175 Å². The molecule has 4 rings (SSSR count). The summed E-state index contributed by atoms with van der Waals surface area (Å²) < 4.78 is 43.4. The zero-order chi connectivity index (χ0) is 22.1. The van der Waals surface area contributed by atoms with Gasteiger partial charge in [0, 0.05) is 29.1 Å². The molecule has 1 aromatic carbocycles. The van der Waals surface area contributed by atoms with Crippen LogP contribution in [0.4, 0.5) is 19.0 Å². The van der Waals surface area contributed by atoms with E-state index < -0.39 is 12.3 Å². The summed E-state index contributed by atoms with van der Waals surface area (Å²) in [5.41, 5.74) is 1.33. The van der Waals surface area contributed by atoms with Gasteiger partial charge in [-0.2, -0.15) is 10.2 Å². The minimum absolute atomic E-state index is 0.154. The Morgan fingerprint density at radius 2 is 1.94 bits per heavy atom. The maximum atomic E-state index is 13.8. The predicted molar refractivity (Wildman–Crippen MR) is 108 cm³/mol. The van der Waals surface area contributed by atoms with Crippen LogP contribution in [-0.2, 0) is 17.9 Å². The third kappa shape index (κ3) is 4.27. The molecule has 3 aromatic heterocycles. The van der Waals surface area contributed by atoms with Crippen molar-refractivity contribution < 1.29 is 18.0 Å². The number of alkyl halides is 2. The third-order valence-corrected chi connectivity index (χ3v) is 4.76. The van der Waals surface area contributed by atoms with Crippen molar-refractivity contribution in [2.24, 2.45) is 0 Å². The molecule has 0 atom stereocenters. The zero-order valence-electron chi connectivity index (χ0n) is 16.8. The average molecular weight is 428 g/mol. The molecule has 1 N–H and O–H groups in total. The van der Waals surface area contributed by atoms with Gasteiger partial charge >= 0.3 is 0 Å². The lowest BCUT2D eigenvalue weighted by atomic mass is 10.1. The zero-order valence-corrected chi connectivity index (χ0v) is 16.8. The van der Waals surface area contributed by atoms with Crippen LogP contribution in [0.2, 0.25) is 0 Å². The van der Waals surface area contributed by atoms with Gasteiger partial charge in [-0.15, -0.1) is 0 Å². The van der Waals surface area contributed by atoms with Gasteiger partial charge < -0.3 is 5.32 Å². The Morgan fingerprint density at radius 1 is 1.16 bits per heavy atom. The Morgan fingerprint density at radius 3 is 2.68 bits per heavy atom. The van der Waals surface area contributed by atoms with Crippen LogP contribution in [0.25, 0.3) is 11.0 Å². The normalized spacial score (nSPS) is 11.4. The van der Waals surface area contributed by atoms with Crippen molar-refractivity contribution in [3.63, 3.8) is 0 Å². The maximum Gasteiger partial charge on any atom is 0.264 e. The number of carbonyl (C=O) groups is 1. The quantitative estimate of drug-likeness (QED) is 0.504. The van der Waals surface area contributed by atoms with Crippen molar-refractivity contribution in [1.29, 1.82) is 0 Å². The van der Waals surface area contributed by atoms with Gasteiger partial charge in [-0.05, 0) is 26.0 Å². The van der Waals surface area contributed by atoms with E-state index in [-0.39, 0.29) is 41.3 Å². The number of aryl methyl sites for hydroxylation is 2. The summed E-state index contributed by atoms with van der Waals surface area (Å²) in [6, 6.07) is 9.28. The summed E-state index contributed by atoms with van der Waals surface area (Å²) in [4.78, 5) is 16.8. The topological polar surface area (TPSA) is 77.6 Å². The molecule has 0 unspecified atom stereocenters. The van der Waals surface area contributed by atoms with Gasteiger partial charge in [0.15, 0.2) is 11.5 Å². The fourth-order valence-electron chi connectivity index (χ4n) is 3.44. The van der Waals surface area contributed by atoms with Crippen LogP contribution in [-0.4, -0.2) is 30.5 Å². The number of nitrogens with one attached hydrogen (secondary N) is 1. The smallest absolute Gasteiger partial charge is 0.264 e. The lowest BCUT2D eigenvalue weighted by Gasteiger charge is -2.06. The molecule has 0 radical (unpaired) electrons. The van der Waals surface area contributed by atoms with Gasteiger partial charge in [0.05, 0.1) is 17.6 Å². The van der Waals surface area contributed by atoms with E-state index in [1.165, 1.54) is 21.5 Å². The van der Waals surface area contributed by atoms with Crippen molar-refractivity contribution in [3.8, 4) is 0 Å². The molecule has 0 bridgehead atoms. The van der Waals surface area contributed by atoms with Crippen LogP contribution in [0.1, 0.15) is 28.9 Å². The average Bonchev–Trinajstić information content (AvgIpc) is 3.27. The first-order valence-corrected chi connectivity index (χ1v) is 9.51. The molecule has 0 aliphatic heterocycles. The number of nitrogens with zero attached hydrogens (tertiary/aromatic N) is 5. The summed E-state index contributed by atoms with van der Waals surface area (Å²) in [5, 5.41) is 11.3. The van der Waals surface area contributed by atoms with Crippen molar-refractivity contribution in [1.82, 2.24) is 24.5 Å². The van der Waals surface area contributed by atoms with E-state index in [0.717, 1.165) is 0 Å². The Bertz CT molecular complexity index is 1260. The van der Waals surface area contributed by atoms with E-state index in [0.29, 0.717) is 17.0 Å². The lowest BCUT2D eigenvalue weighted by Crippen LogP contribution is -2.20. The van der Waals surface area contributed by atoms with E-state index in [1.807, 2.05) is 0 Å². The van der Waals surface area contributed by atoms with Gasteiger partial charge in [0.25, 0.3) is 6.43 Å². The summed E-state index contributed by atoms with van der Waals surface area (Å²) in [6.45, 7) is 3.21. The first kappa shape index (κ1) is 20.6. The molecular formula is C21H19F3N6O. The Balaban J connectivity index is 1.50. The second-order valence-corrected chi connectivity index (χ2v) is 7.13. The molecule has 0 fully saturated rings. The number of pyridine rings is 1. The highest BCUT2D eigenvalue weighted by molar-refractivity contribution is 5.91. The highest BCUT2D eigenvalue weighted by Gasteiger charge is 2.20. The van der Waals surface area contributed by atoms with Crippen molar-refractivity contribution in [2.45, 2.75) is 33.4 Å². The van der Waals surface area contributed by atoms with Crippen LogP contribution in [0, 0.1) is 19.7 Å². The SMILES string of the molecule is Cc1cc(C(F)F)c2c(C)nn(CC(=O)Nc3ccn(Cc4ccccc4F)n3)c2n1. The van der Waals surface area contributed by atoms with E-state index >= 15 is 0 Å². The summed E-state index contributed by atoms with van der Waals surface area (Å²) in [7, 11) is 0. The van der Waals surface area contributed by atoms with E-state index in [1.54, 1.807) is 44.3 Å². The third-order valence-electron chi connectivity index (χ3n) is 4.76. The van der Waals surface area contributed by atoms with E-state index in [4.69, 9.17) is 0 Å². The van der Waals surface area contributed by atoms with Crippen molar-refractivity contribution in [3.05, 3.63) is 70.9 Å². The van der Waals surface area contributed by atoms with E-state index in [9.17, 15) is 18.0 Å². The molecule has 4 aromatic rings. The van der Waals surface area contributed by atoms with Gasteiger partial charge in [0.2, 0.25) is 5.91 Å². The molecular weight excluding hydrogens is 409 g/mol. The minimum atomic E-state index is -2.67.